The van der Waals surface area contributed by atoms with Crippen LogP contribution in [0, 0.1) is 5.92 Å². The number of hydrogen-bond acceptors (Lipinski definition) is 1. The van der Waals surface area contributed by atoms with Gasteiger partial charge in [-0.2, -0.15) is 0 Å². The third-order valence-corrected chi connectivity index (χ3v) is 1.09. The van der Waals surface area contributed by atoms with Gasteiger partial charge in [-0.1, -0.05) is 20.3 Å². The molecular weight excluding hydrogens is 148 g/mol. The molecule has 0 aliphatic carbocycles. The van der Waals surface area contributed by atoms with Crippen molar-refractivity contribution >= 4 is 35.5 Å². The van der Waals surface area contributed by atoms with E-state index in [1.165, 1.54) is 6.42 Å². The molecule has 0 radical (unpaired) electrons. The summed E-state index contributed by atoms with van der Waals surface area (Å²) in [5.74, 6) is 0.505. The first kappa shape index (κ1) is 16.5. The molecule has 0 aliphatic rings. The van der Waals surface area contributed by atoms with Crippen LogP contribution in [0.5, 0.6) is 0 Å². The Bertz CT molecular complexity index is 51.6. The van der Waals surface area contributed by atoms with E-state index in [0.29, 0.717) is 12.5 Å². The molecule has 1 unspecified atom stereocenters. The Labute approximate surface area is 82.8 Å². The first-order chi connectivity index (χ1) is 3.31. The summed E-state index contributed by atoms with van der Waals surface area (Å²) in [4.78, 5) is 0. The summed E-state index contributed by atoms with van der Waals surface area (Å²) < 4.78 is 0. The quantitative estimate of drug-likeness (QED) is 0.630. The molecule has 0 saturated carbocycles. The molecule has 3 heteroatoms. The van der Waals surface area contributed by atoms with Crippen LogP contribution in [0.2, 0.25) is 0 Å². The average Bonchev–Trinajstić information content (AvgIpc) is 1.68. The van der Waals surface area contributed by atoms with E-state index < -0.39 is 0 Å². The maximum atomic E-state index is 8.47. The van der Waals surface area contributed by atoms with Crippen molar-refractivity contribution in [3.05, 3.63) is 0 Å². The minimum absolute atomic E-state index is 0. The van der Waals surface area contributed by atoms with Gasteiger partial charge < -0.3 is 7.96 Å². The van der Waals surface area contributed by atoms with Crippen molar-refractivity contribution in [2.45, 2.75) is 26.7 Å². The van der Waals surface area contributed by atoms with Crippen LogP contribution in [0.4, 0.5) is 0 Å². The smallest absolute Gasteiger partial charge is 1.00 e. The van der Waals surface area contributed by atoms with Gasteiger partial charge in [0.2, 0.25) is 0 Å². The summed E-state index contributed by atoms with van der Waals surface area (Å²) >= 11 is 0. The van der Waals surface area contributed by atoms with Crippen molar-refractivity contribution in [1.29, 1.82) is 0 Å². The van der Waals surface area contributed by atoms with E-state index in [0.717, 1.165) is 6.42 Å². The summed E-state index contributed by atoms with van der Waals surface area (Å²) in [5.41, 5.74) is 0. The minimum Gasteiger partial charge on any atom is -1.00 e. The van der Waals surface area contributed by atoms with Crippen molar-refractivity contribution in [2.24, 2.45) is 5.92 Å². The third kappa shape index (κ3) is 12.3. The fraction of sp³-hybridized carbons (Fsp3) is 1.00. The van der Waals surface area contributed by atoms with Crippen LogP contribution >= 0.6 is 12.4 Å². The summed E-state index contributed by atoms with van der Waals surface area (Å²) in [7, 11) is 0. The van der Waals surface area contributed by atoms with Gasteiger partial charge >= 0.3 is 23.1 Å². The zero-order chi connectivity index (χ0) is 5.70. The second kappa shape index (κ2) is 11.8. The maximum Gasteiger partial charge on any atom is 2.00 e. The fourth-order valence-electron chi connectivity index (χ4n) is 0.584. The molecule has 0 aromatic rings. The summed E-state index contributed by atoms with van der Waals surface area (Å²) in [6, 6.07) is 0. The molecule has 1 N–H and O–H groups in total. The average molecular weight is 165 g/mol. The Morgan fingerprint density at radius 1 is 1.56 bits per heavy atom. The predicted molar refractivity (Wildman–Crippen MR) is 46.4 cm³/mol. The van der Waals surface area contributed by atoms with Crippen molar-refractivity contribution in [2.75, 3.05) is 6.61 Å². The second-order valence-electron chi connectivity index (χ2n) is 2.08. The molecule has 0 spiro atoms. The molecule has 1 atom stereocenters. The summed E-state index contributed by atoms with van der Waals surface area (Å²) in [5, 5.41) is 8.47. The van der Waals surface area contributed by atoms with E-state index in [4.69, 9.17) is 5.11 Å². The van der Waals surface area contributed by atoms with Crippen molar-refractivity contribution in [1.82, 2.24) is 0 Å². The summed E-state index contributed by atoms with van der Waals surface area (Å²) in [6.45, 7) is 4.53. The van der Waals surface area contributed by atoms with E-state index >= 15 is 0 Å². The minimum atomic E-state index is 0. The Hall–Kier alpha value is 1.02. The SMILES string of the molecule is CCCC(C)CO.Cl.[H-].[H-].[Mg+2]. The number of halogens is 1. The normalized spacial score (nSPS) is 11.0. The van der Waals surface area contributed by atoms with E-state index in [-0.39, 0.29) is 38.3 Å². The van der Waals surface area contributed by atoms with Crippen LogP contribution in [0.3, 0.4) is 0 Å². The Balaban J connectivity index is -0.0000000300. The monoisotopic (exact) mass is 164 g/mol. The van der Waals surface area contributed by atoms with Gasteiger partial charge in [0.05, 0.1) is 0 Å². The van der Waals surface area contributed by atoms with Gasteiger partial charge in [-0.3, -0.25) is 0 Å². The van der Waals surface area contributed by atoms with Gasteiger partial charge in [0.1, 0.15) is 0 Å². The number of aliphatic hydroxyl groups excluding tert-OH is 1. The molecule has 0 bridgehead atoms. The molecule has 56 valence electrons. The molecule has 0 rings (SSSR count). The maximum absolute atomic E-state index is 8.47. The van der Waals surface area contributed by atoms with Gasteiger partial charge in [-0.25, -0.2) is 0 Å². The van der Waals surface area contributed by atoms with Crippen LogP contribution in [0.1, 0.15) is 29.5 Å². The van der Waals surface area contributed by atoms with Crippen LogP contribution in [0.25, 0.3) is 0 Å². The Kier molecular flexibility index (Phi) is 21.6. The van der Waals surface area contributed by atoms with Crippen molar-refractivity contribution in [3.8, 4) is 0 Å². The molecule has 0 aliphatic heterocycles. The van der Waals surface area contributed by atoms with E-state index in [9.17, 15) is 0 Å². The van der Waals surface area contributed by atoms with Gasteiger partial charge in [0.15, 0.2) is 0 Å². The zero-order valence-electron chi connectivity index (χ0n) is 8.26. The van der Waals surface area contributed by atoms with Gasteiger partial charge in [-0.15, -0.1) is 12.4 Å². The van der Waals surface area contributed by atoms with E-state index in [1.807, 2.05) is 0 Å². The molecule has 0 aromatic carbocycles. The molecule has 0 saturated heterocycles. The molecular formula is C6H17ClMgO. The number of aliphatic hydroxyl groups is 1. The van der Waals surface area contributed by atoms with E-state index in [1.54, 1.807) is 0 Å². The van der Waals surface area contributed by atoms with E-state index in [2.05, 4.69) is 13.8 Å². The summed E-state index contributed by atoms with van der Waals surface area (Å²) in [6.07, 6.45) is 2.33. The second-order valence-corrected chi connectivity index (χ2v) is 2.08. The van der Waals surface area contributed by atoms with Crippen LogP contribution in [0.15, 0.2) is 0 Å². The topological polar surface area (TPSA) is 20.2 Å². The molecule has 0 heterocycles. The van der Waals surface area contributed by atoms with Gasteiger partial charge in [0.25, 0.3) is 0 Å². The molecule has 0 aromatic heterocycles. The fourth-order valence-corrected chi connectivity index (χ4v) is 0.584. The largest absolute Gasteiger partial charge is 2.00 e. The zero-order valence-corrected chi connectivity index (χ0v) is 8.49. The number of rotatable bonds is 3. The molecule has 0 amide bonds. The first-order valence-electron chi connectivity index (χ1n) is 2.92. The molecule has 9 heavy (non-hydrogen) atoms. The third-order valence-electron chi connectivity index (χ3n) is 1.09. The van der Waals surface area contributed by atoms with Crippen LogP contribution < -0.4 is 0 Å². The van der Waals surface area contributed by atoms with Crippen LogP contribution in [-0.4, -0.2) is 34.8 Å². The molecule has 1 nitrogen and oxygen atoms in total. The standard InChI is InChI=1S/C6H14O.ClH.Mg.2H/c1-3-4-6(2)5-7;;;;/h6-7H,3-5H2,1-2H3;1H;;;/q;;+2;2*-1. The van der Waals surface area contributed by atoms with Crippen molar-refractivity contribution < 1.29 is 7.96 Å². The van der Waals surface area contributed by atoms with Crippen LogP contribution in [-0.2, 0) is 0 Å². The predicted octanol–water partition coefficient (Wildman–Crippen LogP) is 1.68. The van der Waals surface area contributed by atoms with Gasteiger partial charge in [-0.05, 0) is 12.3 Å². The molecule has 0 fully saturated rings. The Morgan fingerprint density at radius 3 is 2.11 bits per heavy atom. The number of hydrogen-bond donors (Lipinski definition) is 1. The first-order valence-corrected chi connectivity index (χ1v) is 2.92. The Morgan fingerprint density at radius 2 is 2.00 bits per heavy atom. The van der Waals surface area contributed by atoms with Crippen molar-refractivity contribution in [3.63, 3.8) is 0 Å². The van der Waals surface area contributed by atoms with Gasteiger partial charge in [0, 0.05) is 6.61 Å².